The molecule has 7 nitrogen and oxygen atoms in total. The molecule has 7 atom stereocenters. The van der Waals surface area contributed by atoms with Crippen LogP contribution < -0.4 is 0 Å². The summed E-state index contributed by atoms with van der Waals surface area (Å²) >= 11 is 0. The van der Waals surface area contributed by atoms with Crippen molar-refractivity contribution < 1.29 is 34.4 Å². The van der Waals surface area contributed by atoms with Crippen LogP contribution in [0, 0.1) is 28.6 Å². The number of esters is 1. The Kier molecular flexibility index (Phi) is 5.90. The maximum Gasteiger partial charge on any atom is 0.302 e. The molecule has 0 radical (unpaired) electrons. The van der Waals surface area contributed by atoms with Crippen molar-refractivity contribution in [3.05, 3.63) is 23.3 Å². The predicted molar refractivity (Wildman–Crippen MR) is 117 cm³/mol. The normalized spacial score (nSPS) is 42.9. The van der Waals surface area contributed by atoms with Crippen molar-refractivity contribution in [1.82, 2.24) is 0 Å². The first-order valence-electron chi connectivity index (χ1n) is 11.2. The van der Waals surface area contributed by atoms with Crippen LogP contribution in [0.5, 0.6) is 0 Å². The Morgan fingerprint density at radius 3 is 2.22 bits per heavy atom. The molecule has 0 amide bonds. The molecular formula is C25H36O7. The number of hydrogen-bond acceptors (Lipinski definition) is 7. The molecule has 1 fully saturated rings. The van der Waals surface area contributed by atoms with Crippen molar-refractivity contribution in [1.29, 1.82) is 0 Å². The average molecular weight is 449 g/mol. The van der Waals surface area contributed by atoms with Gasteiger partial charge in [-0.25, -0.2) is 0 Å². The Labute approximate surface area is 189 Å². The number of aliphatic hydroxyl groups excluding tert-OH is 1. The van der Waals surface area contributed by atoms with Gasteiger partial charge >= 0.3 is 5.97 Å². The van der Waals surface area contributed by atoms with Gasteiger partial charge in [-0.2, -0.15) is 0 Å². The molecule has 3 rings (SSSR count). The fraction of sp³-hybridized carbons (Fsp3) is 0.720. The summed E-state index contributed by atoms with van der Waals surface area (Å²) in [4.78, 5) is 37.5. The van der Waals surface area contributed by atoms with E-state index >= 15 is 0 Å². The van der Waals surface area contributed by atoms with Crippen LogP contribution in [0.4, 0.5) is 0 Å². The molecule has 32 heavy (non-hydrogen) atoms. The summed E-state index contributed by atoms with van der Waals surface area (Å²) in [6.07, 6.45) is 2.59. The van der Waals surface area contributed by atoms with E-state index in [0.717, 1.165) is 0 Å². The van der Waals surface area contributed by atoms with Gasteiger partial charge in [0.05, 0.1) is 12.2 Å². The van der Waals surface area contributed by atoms with E-state index < -0.39 is 57.6 Å². The maximum absolute atomic E-state index is 13.0. The summed E-state index contributed by atoms with van der Waals surface area (Å²) in [5.41, 5.74) is -4.40. The molecule has 1 unspecified atom stereocenters. The minimum absolute atomic E-state index is 0.0707. The molecule has 1 saturated carbocycles. The minimum atomic E-state index is -1.90. The maximum atomic E-state index is 13.0. The van der Waals surface area contributed by atoms with Crippen molar-refractivity contribution in [3.63, 3.8) is 0 Å². The van der Waals surface area contributed by atoms with E-state index in [1.54, 1.807) is 26.0 Å². The zero-order valence-electron chi connectivity index (χ0n) is 20.1. The molecule has 0 aromatic heterocycles. The predicted octanol–water partition coefficient (Wildman–Crippen LogP) is 2.13. The van der Waals surface area contributed by atoms with Gasteiger partial charge in [-0.1, -0.05) is 39.8 Å². The van der Waals surface area contributed by atoms with Gasteiger partial charge in [0.2, 0.25) is 0 Å². The summed E-state index contributed by atoms with van der Waals surface area (Å²) in [5, 5.41) is 34.1. The van der Waals surface area contributed by atoms with Gasteiger partial charge in [-0.05, 0) is 30.4 Å². The number of ether oxygens (including phenoxy) is 1. The van der Waals surface area contributed by atoms with Gasteiger partial charge in [0.25, 0.3) is 0 Å². The molecule has 0 spiro atoms. The van der Waals surface area contributed by atoms with E-state index in [1.807, 2.05) is 20.8 Å². The number of rotatable bonds is 4. The summed E-state index contributed by atoms with van der Waals surface area (Å²) in [5.74, 6) is -3.37. The van der Waals surface area contributed by atoms with E-state index in [1.165, 1.54) is 13.8 Å². The van der Waals surface area contributed by atoms with Gasteiger partial charge in [0, 0.05) is 42.9 Å². The second kappa shape index (κ2) is 7.61. The Morgan fingerprint density at radius 1 is 1.12 bits per heavy atom. The topological polar surface area (TPSA) is 121 Å². The Bertz CT molecular complexity index is 915. The van der Waals surface area contributed by atoms with Crippen LogP contribution in [-0.2, 0) is 19.1 Å². The lowest BCUT2D eigenvalue weighted by Crippen LogP contribution is -2.71. The fourth-order valence-corrected chi connectivity index (χ4v) is 6.85. The van der Waals surface area contributed by atoms with Gasteiger partial charge < -0.3 is 24.9 Å². The molecule has 7 heteroatoms. The fourth-order valence-electron chi connectivity index (χ4n) is 6.85. The lowest BCUT2D eigenvalue weighted by molar-refractivity contribution is -0.263. The van der Waals surface area contributed by atoms with Crippen molar-refractivity contribution in [3.8, 4) is 0 Å². The number of Topliss-reactive ketones (excluding diaryl/α,β-unsaturated/α-hetero) is 2. The van der Waals surface area contributed by atoms with Crippen molar-refractivity contribution in [2.24, 2.45) is 28.6 Å². The van der Waals surface area contributed by atoms with Crippen LogP contribution in [-0.4, -0.2) is 56.8 Å². The first kappa shape index (κ1) is 24.8. The van der Waals surface area contributed by atoms with Crippen LogP contribution in [0.3, 0.4) is 0 Å². The molecular weight excluding hydrogens is 412 g/mol. The summed E-state index contributed by atoms with van der Waals surface area (Å²) in [6.45, 7) is 11.5. The number of aliphatic hydroxyl groups is 3. The molecule has 0 aliphatic heterocycles. The third kappa shape index (κ3) is 3.16. The highest BCUT2D eigenvalue weighted by Crippen LogP contribution is 2.66. The summed E-state index contributed by atoms with van der Waals surface area (Å²) in [7, 11) is 0. The van der Waals surface area contributed by atoms with Crippen LogP contribution >= 0.6 is 0 Å². The molecule has 3 N–H and O–H groups in total. The molecule has 0 heterocycles. The zero-order valence-corrected chi connectivity index (χ0v) is 20.1. The zero-order chi connectivity index (χ0) is 24.4. The monoisotopic (exact) mass is 448 g/mol. The Balaban J connectivity index is 2.34. The van der Waals surface area contributed by atoms with Gasteiger partial charge in [-0.3, -0.25) is 9.59 Å². The third-order valence-electron chi connectivity index (χ3n) is 8.75. The lowest BCUT2D eigenvalue weighted by atomic mass is 9.42. The first-order chi connectivity index (χ1) is 14.6. The molecule has 3 aliphatic carbocycles. The third-order valence-corrected chi connectivity index (χ3v) is 8.75. The molecule has 3 aliphatic rings. The van der Waals surface area contributed by atoms with Gasteiger partial charge in [-0.15, -0.1) is 0 Å². The molecule has 0 saturated heterocycles. The molecule has 0 bridgehead atoms. The highest BCUT2D eigenvalue weighted by Gasteiger charge is 2.72. The SMILES string of the molecule is CC(=O)C[C@]1(C)[C@H](OC(C)=O)[C@@H](C)[C@]2(O)C3C=C(C)C(=O)[C@@]3(O)CC(CO)=C[C@H]2C1(C)C. The molecule has 178 valence electrons. The summed E-state index contributed by atoms with van der Waals surface area (Å²) < 4.78 is 5.79. The average Bonchev–Trinajstić information content (AvgIpc) is 2.84. The van der Waals surface area contributed by atoms with Crippen molar-refractivity contribution >= 4 is 17.5 Å². The number of ketones is 2. The van der Waals surface area contributed by atoms with Gasteiger partial charge in [0.1, 0.15) is 17.5 Å². The second-order valence-corrected chi connectivity index (χ2v) is 10.9. The van der Waals surface area contributed by atoms with Crippen molar-refractivity contribution in [2.45, 2.75) is 78.6 Å². The summed E-state index contributed by atoms with van der Waals surface area (Å²) in [6, 6.07) is 0. The second-order valence-electron chi connectivity index (χ2n) is 10.9. The highest BCUT2D eigenvalue weighted by atomic mass is 16.5. The van der Waals surface area contributed by atoms with E-state index in [4.69, 9.17) is 4.74 Å². The number of carbonyl (C=O) groups is 3. The Hall–Kier alpha value is -1.83. The standard InChI is InChI=1S/C25H36O7/c1-13-8-19-24(30,20(13)29)11-17(12-26)9-18-22(5,6)23(7,10-14(2)27)21(32-16(4)28)15(3)25(18,19)31/h8-9,15,18-19,21,26,30-31H,10-12H2,1-7H3/t15-,18+,19?,21-,23-,24-,25-/m1/s1. The number of fused-ring (bicyclic) bond motifs is 3. The number of carbonyl (C=O) groups excluding carboxylic acids is 3. The van der Waals surface area contributed by atoms with E-state index in [0.29, 0.717) is 11.1 Å². The van der Waals surface area contributed by atoms with Gasteiger partial charge in [0.15, 0.2) is 5.78 Å². The van der Waals surface area contributed by atoms with Crippen LogP contribution in [0.2, 0.25) is 0 Å². The van der Waals surface area contributed by atoms with Crippen LogP contribution in [0.1, 0.15) is 61.3 Å². The van der Waals surface area contributed by atoms with Crippen molar-refractivity contribution in [2.75, 3.05) is 6.61 Å². The Morgan fingerprint density at radius 2 is 1.72 bits per heavy atom. The largest absolute Gasteiger partial charge is 0.462 e. The lowest BCUT2D eigenvalue weighted by Gasteiger charge is -2.65. The number of hydrogen-bond donors (Lipinski definition) is 3. The van der Waals surface area contributed by atoms with Crippen LogP contribution in [0.15, 0.2) is 23.3 Å². The smallest absolute Gasteiger partial charge is 0.302 e. The van der Waals surface area contributed by atoms with E-state index in [9.17, 15) is 29.7 Å². The first-order valence-corrected chi connectivity index (χ1v) is 11.2. The minimum Gasteiger partial charge on any atom is -0.462 e. The quantitative estimate of drug-likeness (QED) is 0.445. The highest BCUT2D eigenvalue weighted by molar-refractivity contribution is 6.04. The van der Waals surface area contributed by atoms with E-state index in [2.05, 4.69) is 0 Å². The molecule has 0 aromatic carbocycles. The van der Waals surface area contributed by atoms with Crippen LogP contribution in [0.25, 0.3) is 0 Å². The van der Waals surface area contributed by atoms with E-state index in [-0.39, 0.29) is 25.2 Å². The molecule has 0 aromatic rings.